The summed E-state index contributed by atoms with van der Waals surface area (Å²) >= 11 is 0. The van der Waals surface area contributed by atoms with Gasteiger partial charge in [-0.2, -0.15) is 0 Å². The van der Waals surface area contributed by atoms with E-state index in [2.05, 4.69) is 40.7 Å². The first-order valence-corrected chi connectivity index (χ1v) is 11.3. The molecule has 4 aliphatic rings. The fraction of sp³-hybridized carbons (Fsp3) is 0.696. The van der Waals surface area contributed by atoms with Gasteiger partial charge >= 0.3 is 0 Å². The summed E-state index contributed by atoms with van der Waals surface area (Å²) in [5.74, 6) is 2.57. The second-order valence-electron chi connectivity index (χ2n) is 9.05. The highest BCUT2D eigenvalue weighted by Crippen LogP contribution is 2.62. The number of methoxy groups -OCH3 is 1. The maximum Gasteiger partial charge on any atom is 0.191 e. The molecule has 6 heteroatoms. The predicted molar refractivity (Wildman–Crippen MR) is 116 cm³/mol. The Bertz CT molecular complexity index is 763. The van der Waals surface area contributed by atoms with Crippen LogP contribution in [0.2, 0.25) is 0 Å². The van der Waals surface area contributed by atoms with Crippen LogP contribution in [-0.4, -0.2) is 57.5 Å². The van der Waals surface area contributed by atoms with Gasteiger partial charge in [0, 0.05) is 61.4 Å². The van der Waals surface area contributed by atoms with Crippen LogP contribution in [0.5, 0.6) is 5.75 Å². The molecule has 2 aliphatic heterocycles. The summed E-state index contributed by atoms with van der Waals surface area (Å²) in [4.78, 5) is 7.22. The van der Waals surface area contributed by atoms with E-state index in [9.17, 15) is 0 Å². The van der Waals surface area contributed by atoms with Crippen molar-refractivity contribution >= 4 is 11.6 Å². The van der Waals surface area contributed by atoms with Crippen molar-refractivity contribution < 1.29 is 9.47 Å². The topological polar surface area (TPSA) is 58.1 Å². The van der Waals surface area contributed by atoms with Crippen molar-refractivity contribution in [2.45, 2.75) is 57.2 Å². The number of rotatable bonds is 5. The molecule has 4 fully saturated rings. The smallest absolute Gasteiger partial charge is 0.191 e. The van der Waals surface area contributed by atoms with Gasteiger partial charge in [-0.15, -0.1) is 0 Å². The first-order chi connectivity index (χ1) is 14.2. The Kier molecular flexibility index (Phi) is 5.06. The van der Waals surface area contributed by atoms with Gasteiger partial charge in [0.2, 0.25) is 0 Å². The van der Waals surface area contributed by atoms with Gasteiger partial charge in [-0.25, -0.2) is 0 Å². The van der Waals surface area contributed by atoms with E-state index in [4.69, 9.17) is 14.5 Å². The number of benzene rings is 1. The second kappa shape index (κ2) is 7.71. The first-order valence-electron chi connectivity index (χ1n) is 11.3. The van der Waals surface area contributed by atoms with E-state index in [1.165, 1.54) is 31.4 Å². The molecule has 0 aromatic heterocycles. The van der Waals surface area contributed by atoms with Gasteiger partial charge in [0.1, 0.15) is 5.75 Å². The van der Waals surface area contributed by atoms with Gasteiger partial charge in [-0.1, -0.05) is 12.5 Å². The van der Waals surface area contributed by atoms with Crippen LogP contribution < -0.4 is 20.3 Å². The van der Waals surface area contributed by atoms with E-state index >= 15 is 0 Å². The monoisotopic (exact) mass is 398 g/mol. The van der Waals surface area contributed by atoms with Crippen molar-refractivity contribution in [3.05, 3.63) is 24.3 Å². The molecule has 0 radical (unpaired) electrons. The Morgan fingerprint density at radius 3 is 2.97 bits per heavy atom. The lowest BCUT2D eigenvalue weighted by Crippen LogP contribution is -2.72. The Balaban J connectivity index is 1.22. The lowest BCUT2D eigenvalue weighted by atomic mass is 9.46. The van der Waals surface area contributed by atoms with Crippen LogP contribution in [0.15, 0.2) is 29.3 Å². The molecule has 2 saturated carbocycles. The third-order valence-corrected chi connectivity index (χ3v) is 7.59. The van der Waals surface area contributed by atoms with Gasteiger partial charge in [0.05, 0.1) is 13.2 Å². The van der Waals surface area contributed by atoms with E-state index in [1.54, 1.807) is 7.11 Å². The molecular weight excluding hydrogens is 364 g/mol. The zero-order valence-corrected chi connectivity index (χ0v) is 17.7. The minimum atomic E-state index is 0.375. The van der Waals surface area contributed by atoms with E-state index in [0.717, 1.165) is 44.4 Å². The molecule has 6 nitrogen and oxygen atoms in total. The summed E-state index contributed by atoms with van der Waals surface area (Å²) < 4.78 is 11.5. The van der Waals surface area contributed by atoms with Crippen LogP contribution in [0, 0.1) is 11.3 Å². The Morgan fingerprint density at radius 1 is 1.31 bits per heavy atom. The number of aliphatic imine (C=N–C) groups is 1. The van der Waals surface area contributed by atoms with Crippen molar-refractivity contribution in [1.29, 1.82) is 0 Å². The molecular formula is C23H34N4O2. The van der Waals surface area contributed by atoms with Crippen LogP contribution in [0.3, 0.4) is 0 Å². The largest absolute Gasteiger partial charge is 0.497 e. The van der Waals surface area contributed by atoms with Gasteiger partial charge < -0.3 is 25.0 Å². The fourth-order valence-electron chi connectivity index (χ4n) is 6.01. The molecule has 2 heterocycles. The predicted octanol–water partition coefficient (Wildman–Crippen LogP) is 2.79. The standard InChI is InChI=1S/C23H34N4O2/c1-3-24-22(26-20-19-9-13-29-21(19)23(20)10-5-11-23)25-16-8-12-27(15-16)17-6-4-7-18(14-17)28-2/h4,6-7,14,16,19-21H,3,5,8-13,15H2,1-2H3,(H2,24,25,26). The third kappa shape index (κ3) is 3.25. The highest BCUT2D eigenvalue weighted by atomic mass is 16.5. The maximum absolute atomic E-state index is 6.08. The average molecular weight is 399 g/mol. The van der Waals surface area contributed by atoms with Gasteiger partial charge in [-0.05, 0) is 44.7 Å². The number of guanidine groups is 1. The Hall–Kier alpha value is -1.95. The van der Waals surface area contributed by atoms with E-state index in [1.807, 2.05) is 6.07 Å². The SMILES string of the molecule is CCN=C(NC1CCN(c2cccc(OC)c2)C1)NC1C2CCOC2C12CCC2. The molecule has 1 aromatic rings. The Morgan fingerprint density at radius 2 is 2.21 bits per heavy atom. The Labute approximate surface area is 174 Å². The van der Waals surface area contributed by atoms with Gasteiger partial charge in [0.25, 0.3) is 0 Å². The molecule has 0 amide bonds. The van der Waals surface area contributed by atoms with Gasteiger partial charge in [-0.3, -0.25) is 4.99 Å². The quantitative estimate of drug-likeness (QED) is 0.590. The number of hydrogen-bond donors (Lipinski definition) is 2. The van der Waals surface area contributed by atoms with Crippen LogP contribution in [0.1, 0.15) is 39.0 Å². The average Bonchev–Trinajstić information content (AvgIpc) is 3.33. The molecule has 5 rings (SSSR count). The highest BCUT2D eigenvalue weighted by molar-refractivity contribution is 5.81. The fourth-order valence-corrected chi connectivity index (χ4v) is 6.01. The molecule has 0 bridgehead atoms. The summed E-state index contributed by atoms with van der Waals surface area (Å²) in [5.41, 5.74) is 1.61. The normalized spacial score (nSPS) is 32.5. The first kappa shape index (κ1) is 19.0. The van der Waals surface area contributed by atoms with Gasteiger partial charge in [0.15, 0.2) is 5.96 Å². The summed E-state index contributed by atoms with van der Waals surface area (Å²) in [6.07, 6.45) is 6.75. The molecule has 29 heavy (non-hydrogen) atoms. The van der Waals surface area contributed by atoms with Crippen molar-refractivity contribution in [3.63, 3.8) is 0 Å². The summed E-state index contributed by atoms with van der Waals surface area (Å²) in [6, 6.07) is 9.29. The number of fused-ring (bicyclic) bond motifs is 2. The minimum absolute atomic E-state index is 0.375. The molecule has 2 N–H and O–H groups in total. The van der Waals surface area contributed by atoms with E-state index in [-0.39, 0.29) is 0 Å². The van der Waals surface area contributed by atoms with Crippen LogP contribution in [0.25, 0.3) is 0 Å². The van der Waals surface area contributed by atoms with Crippen molar-refractivity contribution in [2.24, 2.45) is 16.3 Å². The van der Waals surface area contributed by atoms with Crippen LogP contribution in [0.4, 0.5) is 5.69 Å². The van der Waals surface area contributed by atoms with Crippen molar-refractivity contribution in [3.8, 4) is 5.75 Å². The minimum Gasteiger partial charge on any atom is -0.497 e. The molecule has 4 unspecified atom stereocenters. The molecule has 4 atom stereocenters. The van der Waals surface area contributed by atoms with Crippen molar-refractivity contribution in [1.82, 2.24) is 10.6 Å². The number of nitrogens with zero attached hydrogens (tertiary/aromatic N) is 2. The molecule has 158 valence electrons. The summed E-state index contributed by atoms with van der Waals surface area (Å²) in [6.45, 7) is 5.88. The third-order valence-electron chi connectivity index (χ3n) is 7.59. The van der Waals surface area contributed by atoms with Crippen LogP contribution in [-0.2, 0) is 4.74 Å². The number of ether oxygens (including phenoxy) is 2. The lowest BCUT2D eigenvalue weighted by Gasteiger charge is -2.63. The lowest BCUT2D eigenvalue weighted by molar-refractivity contribution is -0.171. The molecule has 1 aromatic carbocycles. The summed E-state index contributed by atoms with van der Waals surface area (Å²) in [5, 5.41) is 7.57. The second-order valence-corrected chi connectivity index (χ2v) is 9.05. The zero-order valence-electron chi connectivity index (χ0n) is 17.7. The van der Waals surface area contributed by atoms with E-state index < -0.39 is 0 Å². The molecule has 2 aliphatic carbocycles. The molecule has 2 saturated heterocycles. The number of nitrogens with one attached hydrogen (secondary N) is 2. The number of anilines is 1. The highest BCUT2D eigenvalue weighted by Gasteiger charge is 2.66. The maximum atomic E-state index is 6.08. The number of hydrogen-bond acceptors (Lipinski definition) is 4. The van der Waals surface area contributed by atoms with Crippen molar-refractivity contribution in [2.75, 3.05) is 38.3 Å². The summed E-state index contributed by atoms with van der Waals surface area (Å²) in [7, 11) is 1.72. The van der Waals surface area contributed by atoms with Crippen LogP contribution >= 0.6 is 0 Å². The molecule has 1 spiro atoms. The zero-order chi connectivity index (χ0) is 19.8. The van der Waals surface area contributed by atoms with E-state index in [0.29, 0.717) is 29.5 Å².